The van der Waals surface area contributed by atoms with Gasteiger partial charge in [0.15, 0.2) is 0 Å². The Morgan fingerprint density at radius 3 is 3.13 bits per heavy atom. The van der Waals surface area contributed by atoms with Crippen molar-refractivity contribution < 1.29 is 4.79 Å². The molecule has 5 heteroatoms. The van der Waals surface area contributed by atoms with Crippen LogP contribution >= 0.6 is 23.1 Å². The fourth-order valence-corrected chi connectivity index (χ4v) is 3.53. The number of hydrogen-bond acceptors (Lipinski definition) is 4. The number of nitrogen functional groups attached to an aromatic ring is 1. The molecule has 1 aliphatic heterocycles. The Morgan fingerprint density at radius 1 is 1.67 bits per heavy atom. The molecule has 1 atom stereocenters. The summed E-state index contributed by atoms with van der Waals surface area (Å²) in [7, 11) is 0. The van der Waals surface area contributed by atoms with E-state index in [4.69, 9.17) is 5.73 Å². The smallest absolute Gasteiger partial charge is 0.263 e. The molecule has 3 nitrogen and oxygen atoms in total. The van der Waals surface area contributed by atoms with E-state index in [-0.39, 0.29) is 5.91 Å². The van der Waals surface area contributed by atoms with Crippen LogP contribution in [0.15, 0.2) is 11.4 Å². The van der Waals surface area contributed by atoms with E-state index in [2.05, 4.69) is 5.32 Å². The average Bonchev–Trinajstić information content (AvgIpc) is 2.84. The van der Waals surface area contributed by atoms with Gasteiger partial charge in [0.05, 0.1) is 5.69 Å². The number of thioether (sulfide) groups is 1. The minimum absolute atomic E-state index is 0.0324. The zero-order valence-corrected chi connectivity index (χ0v) is 10.00. The van der Waals surface area contributed by atoms with E-state index in [0.29, 0.717) is 15.8 Å². The number of hydrogen-bond donors (Lipinski definition) is 2. The SMILES string of the molecule is Nc1ccsc1C(=O)NCC1CCCS1. The van der Waals surface area contributed by atoms with Gasteiger partial charge >= 0.3 is 0 Å². The fourth-order valence-electron chi connectivity index (χ4n) is 1.60. The molecular formula is C10H14N2OS2. The Bertz CT molecular complexity index is 345. The first kappa shape index (κ1) is 10.8. The van der Waals surface area contributed by atoms with Crippen molar-refractivity contribution in [3.63, 3.8) is 0 Å². The second kappa shape index (κ2) is 4.90. The number of amides is 1. The molecule has 1 fully saturated rings. The van der Waals surface area contributed by atoms with Crippen LogP contribution in [0, 0.1) is 0 Å². The molecule has 0 bridgehead atoms. The summed E-state index contributed by atoms with van der Waals surface area (Å²) in [5.41, 5.74) is 6.25. The molecular weight excluding hydrogens is 228 g/mol. The quantitative estimate of drug-likeness (QED) is 0.852. The largest absolute Gasteiger partial charge is 0.397 e. The summed E-state index contributed by atoms with van der Waals surface area (Å²) in [5.74, 6) is 1.19. The van der Waals surface area contributed by atoms with Gasteiger partial charge in [0.1, 0.15) is 4.88 Å². The molecule has 1 amide bonds. The van der Waals surface area contributed by atoms with Gasteiger partial charge in [0.25, 0.3) is 5.91 Å². The normalized spacial score (nSPS) is 20.4. The van der Waals surface area contributed by atoms with Crippen LogP contribution in [0.25, 0.3) is 0 Å². The van der Waals surface area contributed by atoms with Gasteiger partial charge in [-0.15, -0.1) is 11.3 Å². The zero-order chi connectivity index (χ0) is 10.7. The first-order chi connectivity index (χ1) is 7.27. The Balaban J connectivity index is 1.84. The lowest BCUT2D eigenvalue weighted by molar-refractivity contribution is 0.0958. The van der Waals surface area contributed by atoms with Crippen LogP contribution in [0.2, 0.25) is 0 Å². The van der Waals surface area contributed by atoms with Crippen LogP contribution < -0.4 is 11.1 Å². The van der Waals surface area contributed by atoms with Crippen LogP contribution in [0.1, 0.15) is 22.5 Å². The number of carbonyl (C=O) groups excluding carboxylic acids is 1. The van der Waals surface area contributed by atoms with Gasteiger partial charge in [0.2, 0.25) is 0 Å². The van der Waals surface area contributed by atoms with Crippen molar-refractivity contribution in [2.24, 2.45) is 0 Å². The lowest BCUT2D eigenvalue weighted by Gasteiger charge is -2.09. The van der Waals surface area contributed by atoms with E-state index in [9.17, 15) is 4.79 Å². The molecule has 1 unspecified atom stereocenters. The molecule has 82 valence electrons. The first-order valence-corrected chi connectivity index (χ1v) is 6.93. The number of nitrogens with one attached hydrogen (secondary N) is 1. The lowest BCUT2D eigenvalue weighted by Crippen LogP contribution is -2.29. The van der Waals surface area contributed by atoms with Gasteiger partial charge in [-0.2, -0.15) is 11.8 Å². The van der Waals surface area contributed by atoms with Crippen molar-refractivity contribution in [3.8, 4) is 0 Å². The van der Waals surface area contributed by atoms with Gasteiger partial charge in [-0.1, -0.05) is 0 Å². The van der Waals surface area contributed by atoms with E-state index in [1.807, 2.05) is 17.1 Å². The van der Waals surface area contributed by atoms with Crippen LogP contribution in [-0.2, 0) is 0 Å². The number of carbonyl (C=O) groups is 1. The summed E-state index contributed by atoms with van der Waals surface area (Å²) in [6, 6.07) is 1.77. The maximum Gasteiger partial charge on any atom is 0.263 e. The summed E-state index contributed by atoms with van der Waals surface area (Å²) >= 11 is 3.34. The van der Waals surface area contributed by atoms with Gasteiger partial charge in [-0.05, 0) is 30.0 Å². The minimum atomic E-state index is -0.0324. The van der Waals surface area contributed by atoms with Gasteiger partial charge < -0.3 is 11.1 Å². The number of rotatable bonds is 3. The Kier molecular flexibility index (Phi) is 3.53. The topological polar surface area (TPSA) is 55.1 Å². The molecule has 3 N–H and O–H groups in total. The lowest BCUT2D eigenvalue weighted by atomic mass is 10.2. The monoisotopic (exact) mass is 242 g/mol. The molecule has 2 heterocycles. The van der Waals surface area contributed by atoms with Gasteiger partial charge in [-0.3, -0.25) is 4.79 Å². The minimum Gasteiger partial charge on any atom is -0.397 e. The number of anilines is 1. The third-order valence-corrected chi connectivity index (χ3v) is 4.74. The van der Waals surface area contributed by atoms with E-state index in [1.165, 1.54) is 29.9 Å². The molecule has 0 aromatic carbocycles. The molecule has 1 aromatic heterocycles. The Labute approximate surface area is 97.4 Å². The summed E-state index contributed by atoms with van der Waals surface area (Å²) in [6.45, 7) is 0.765. The summed E-state index contributed by atoms with van der Waals surface area (Å²) in [4.78, 5) is 12.3. The third kappa shape index (κ3) is 2.66. The Hall–Kier alpha value is -0.680. The van der Waals surface area contributed by atoms with E-state index >= 15 is 0 Å². The van der Waals surface area contributed by atoms with Crippen molar-refractivity contribution in [3.05, 3.63) is 16.3 Å². The molecule has 1 aliphatic rings. The average molecular weight is 242 g/mol. The predicted molar refractivity (Wildman–Crippen MR) is 66.5 cm³/mol. The van der Waals surface area contributed by atoms with Crippen LogP contribution in [0.4, 0.5) is 5.69 Å². The number of nitrogens with two attached hydrogens (primary N) is 1. The third-order valence-electron chi connectivity index (χ3n) is 2.42. The predicted octanol–water partition coefficient (Wildman–Crippen LogP) is 1.96. The van der Waals surface area contributed by atoms with E-state index in [0.717, 1.165) is 6.54 Å². The van der Waals surface area contributed by atoms with Crippen molar-refractivity contribution in [2.45, 2.75) is 18.1 Å². The standard InChI is InChI=1S/C10H14N2OS2/c11-8-3-5-15-9(8)10(13)12-6-7-2-1-4-14-7/h3,5,7H,1-2,4,6,11H2,(H,12,13). The molecule has 0 radical (unpaired) electrons. The highest BCUT2D eigenvalue weighted by atomic mass is 32.2. The molecule has 15 heavy (non-hydrogen) atoms. The van der Waals surface area contributed by atoms with Crippen molar-refractivity contribution in [1.29, 1.82) is 0 Å². The van der Waals surface area contributed by atoms with E-state index < -0.39 is 0 Å². The van der Waals surface area contributed by atoms with Crippen molar-refractivity contribution in [1.82, 2.24) is 5.32 Å². The second-order valence-corrected chi connectivity index (χ2v) is 5.87. The van der Waals surface area contributed by atoms with Gasteiger partial charge in [-0.25, -0.2) is 0 Å². The van der Waals surface area contributed by atoms with Gasteiger partial charge in [0, 0.05) is 11.8 Å². The molecule has 0 aliphatic carbocycles. The highest BCUT2D eigenvalue weighted by Crippen LogP contribution is 2.25. The van der Waals surface area contributed by atoms with E-state index in [1.54, 1.807) is 6.07 Å². The van der Waals surface area contributed by atoms with Crippen LogP contribution in [0.5, 0.6) is 0 Å². The van der Waals surface area contributed by atoms with Crippen molar-refractivity contribution >= 4 is 34.7 Å². The maximum absolute atomic E-state index is 11.7. The highest BCUT2D eigenvalue weighted by molar-refractivity contribution is 8.00. The number of thiophene rings is 1. The molecule has 1 saturated heterocycles. The molecule has 0 saturated carbocycles. The summed E-state index contributed by atoms with van der Waals surface area (Å²) in [5, 5.41) is 5.37. The summed E-state index contributed by atoms with van der Waals surface area (Å²) < 4.78 is 0. The second-order valence-electron chi connectivity index (χ2n) is 3.55. The van der Waals surface area contributed by atoms with Crippen molar-refractivity contribution in [2.75, 3.05) is 18.0 Å². The molecule has 0 spiro atoms. The highest BCUT2D eigenvalue weighted by Gasteiger charge is 2.17. The van der Waals surface area contributed by atoms with Crippen LogP contribution in [0.3, 0.4) is 0 Å². The maximum atomic E-state index is 11.7. The Morgan fingerprint density at radius 2 is 2.53 bits per heavy atom. The molecule has 1 aromatic rings. The zero-order valence-electron chi connectivity index (χ0n) is 8.36. The molecule has 2 rings (SSSR count). The van der Waals surface area contributed by atoms with Crippen LogP contribution in [-0.4, -0.2) is 23.5 Å². The first-order valence-electron chi connectivity index (χ1n) is 5.00. The fraction of sp³-hybridized carbons (Fsp3) is 0.500. The summed E-state index contributed by atoms with van der Waals surface area (Å²) in [6.07, 6.45) is 2.48.